The van der Waals surface area contributed by atoms with Crippen LogP contribution in [-0.2, 0) is 25.8 Å². The third-order valence-electron chi connectivity index (χ3n) is 2.17. The van der Waals surface area contributed by atoms with Gasteiger partial charge in [0, 0.05) is 6.92 Å². The second-order valence-electron chi connectivity index (χ2n) is 3.96. The first kappa shape index (κ1) is 15.1. The minimum absolute atomic E-state index is 0.192. The van der Waals surface area contributed by atoms with Crippen LogP contribution < -0.4 is 5.48 Å². The lowest BCUT2D eigenvalue weighted by Crippen LogP contribution is -2.29. The van der Waals surface area contributed by atoms with Crippen LogP contribution in [0.3, 0.4) is 0 Å². The highest BCUT2D eigenvalue weighted by Gasteiger charge is 2.12. The van der Waals surface area contributed by atoms with Gasteiger partial charge in [0.1, 0.15) is 6.61 Å². The third-order valence-corrected chi connectivity index (χ3v) is 2.17. The van der Waals surface area contributed by atoms with E-state index in [1.807, 2.05) is 30.3 Å². The van der Waals surface area contributed by atoms with E-state index in [-0.39, 0.29) is 19.6 Å². The van der Waals surface area contributed by atoms with Gasteiger partial charge in [-0.15, -0.1) is 0 Å². The van der Waals surface area contributed by atoms with E-state index in [2.05, 4.69) is 10.2 Å². The Hall–Kier alpha value is -1.92. The fraction of sp³-hybridized carbons (Fsp3) is 0.385. The molecule has 0 heterocycles. The van der Waals surface area contributed by atoms with Gasteiger partial charge in [0.25, 0.3) is 0 Å². The molecule has 6 heteroatoms. The van der Waals surface area contributed by atoms with Gasteiger partial charge in [0.15, 0.2) is 0 Å². The molecule has 1 atom stereocenters. The molecule has 104 valence electrons. The van der Waals surface area contributed by atoms with Gasteiger partial charge >= 0.3 is 5.97 Å². The van der Waals surface area contributed by atoms with E-state index in [0.29, 0.717) is 0 Å². The molecule has 0 aliphatic carbocycles. The lowest BCUT2D eigenvalue weighted by molar-refractivity contribution is -0.147. The van der Waals surface area contributed by atoms with Crippen LogP contribution in [0.2, 0.25) is 0 Å². The Morgan fingerprint density at radius 1 is 1.32 bits per heavy atom. The number of hydrogen-bond donors (Lipinski definition) is 2. The number of hydroxylamine groups is 1. The highest BCUT2D eigenvalue weighted by molar-refractivity contribution is 5.75. The standard InChI is InChI=1S/C13H17NO5/c1-10(15)18-9-12(16)7-13(17)14-19-8-11-5-3-2-4-6-11/h2-6,12,16H,7-9H2,1H3,(H,14,17)/t12-/m1/s1. The number of benzene rings is 1. The summed E-state index contributed by atoms with van der Waals surface area (Å²) in [5, 5.41) is 9.39. The van der Waals surface area contributed by atoms with Crippen LogP contribution in [-0.4, -0.2) is 29.7 Å². The van der Waals surface area contributed by atoms with Crippen LogP contribution in [0.4, 0.5) is 0 Å². The van der Waals surface area contributed by atoms with E-state index in [9.17, 15) is 14.7 Å². The largest absolute Gasteiger partial charge is 0.463 e. The van der Waals surface area contributed by atoms with Crippen molar-refractivity contribution in [3.8, 4) is 0 Å². The van der Waals surface area contributed by atoms with Crippen LogP contribution in [0.1, 0.15) is 18.9 Å². The van der Waals surface area contributed by atoms with Gasteiger partial charge in [-0.05, 0) is 5.56 Å². The third kappa shape index (κ3) is 7.17. The molecule has 6 nitrogen and oxygen atoms in total. The molecule has 0 spiro atoms. The minimum atomic E-state index is -1.04. The molecule has 0 unspecified atom stereocenters. The smallest absolute Gasteiger partial charge is 0.302 e. The first-order valence-electron chi connectivity index (χ1n) is 5.84. The zero-order valence-corrected chi connectivity index (χ0v) is 10.7. The predicted molar refractivity (Wildman–Crippen MR) is 66.6 cm³/mol. The van der Waals surface area contributed by atoms with Crippen LogP contribution in [0, 0.1) is 0 Å². The summed E-state index contributed by atoms with van der Waals surface area (Å²) >= 11 is 0. The second kappa shape index (κ2) is 8.23. The Morgan fingerprint density at radius 2 is 2.00 bits per heavy atom. The monoisotopic (exact) mass is 267 g/mol. The number of aliphatic hydroxyl groups is 1. The van der Waals surface area contributed by atoms with Crippen LogP contribution in [0.15, 0.2) is 30.3 Å². The molecular formula is C13H17NO5. The van der Waals surface area contributed by atoms with E-state index >= 15 is 0 Å². The Balaban J connectivity index is 2.15. The molecule has 0 fully saturated rings. The first-order valence-corrected chi connectivity index (χ1v) is 5.84. The lowest BCUT2D eigenvalue weighted by Gasteiger charge is -2.10. The predicted octanol–water partition coefficient (Wildman–Crippen LogP) is 0.548. The van der Waals surface area contributed by atoms with Crippen LogP contribution in [0.5, 0.6) is 0 Å². The summed E-state index contributed by atoms with van der Waals surface area (Å²) in [6.45, 7) is 1.27. The van der Waals surface area contributed by atoms with E-state index in [1.54, 1.807) is 0 Å². The molecule has 1 amide bonds. The molecule has 1 rings (SSSR count). The van der Waals surface area contributed by atoms with Crippen molar-refractivity contribution in [1.29, 1.82) is 0 Å². The SMILES string of the molecule is CC(=O)OC[C@H](O)CC(=O)NOCc1ccccc1. The molecule has 0 aromatic heterocycles. The number of aliphatic hydroxyl groups excluding tert-OH is 1. The average Bonchev–Trinajstić information content (AvgIpc) is 2.37. The summed E-state index contributed by atoms with van der Waals surface area (Å²) in [6, 6.07) is 9.34. The lowest BCUT2D eigenvalue weighted by atomic mass is 10.2. The van der Waals surface area contributed by atoms with Crippen molar-refractivity contribution in [2.45, 2.75) is 26.1 Å². The topological polar surface area (TPSA) is 84.9 Å². The van der Waals surface area contributed by atoms with Crippen molar-refractivity contribution in [3.63, 3.8) is 0 Å². The summed E-state index contributed by atoms with van der Waals surface area (Å²) < 4.78 is 4.57. The Morgan fingerprint density at radius 3 is 2.63 bits per heavy atom. The minimum Gasteiger partial charge on any atom is -0.463 e. The van der Waals surface area contributed by atoms with E-state index in [0.717, 1.165) is 5.56 Å². The number of hydrogen-bond acceptors (Lipinski definition) is 5. The number of amides is 1. The van der Waals surface area contributed by atoms with Crippen molar-refractivity contribution in [2.75, 3.05) is 6.61 Å². The quantitative estimate of drug-likeness (QED) is 0.556. The van der Waals surface area contributed by atoms with Gasteiger partial charge in [-0.1, -0.05) is 30.3 Å². The molecule has 2 N–H and O–H groups in total. The van der Waals surface area contributed by atoms with Crippen LogP contribution >= 0.6 is 0 Å². The maximum absolute atomic E-state index is 11.4. The summed E-state index contributed by atoms with van der Waals surface area (Å²) in [5.74, 6) is -0.977. The number of nitrogens with one attached hydrogen (secondary N) is 1. The summed E-state index contributed by atoms with van der Waals surface area (Å²) in [4.78, 5) is 26.8. The number of carbonyl (C=O) groups excluding carboxylic acids is 2. The maximum Gasteiger partial charge on any atom is 0.302 e. The number of carbonyl (C=O) groups is 2. The molecule has 1 aromatic rings. The Bertz CT molecular complexity index is 407. The molecule has 0 saturated carbocycles. The van der Waals surface area contributed by atoms with Gasteiger partial charge in [-0.3, -0.25) is 14.4 Å². The first-order chi connectivity index (χ1) is 9.08. The van der Waals surface area contributed by atoms with Crippen molar-refractivity contribution in [3.05, 3.63) is 35.9 Å². The molecule has 0 bridgehead atoms. The summed E-state index contributed by atoms with van der Waals surface area (Å²) in [7, 11) is 0. The highest BCUT2D eigenvalue weighted by atomic mass is 16.6. The fourth-order valence-electron chi connectivity index (χ4n) is 1.30. The van der Waals surface area contributed by atoms with Gasteiger partial charge in [-0.25, -0.2) is 5.48 Å². The zero-order valence-electron chi connectivity index (χ0n) is 10.7. The van der Waals surface area contributed by atoms with E-state index in [1.165, 1.54) is 6.92 Å². The normalized spacial score (nSPS) is 11.7. The van der Waals surface area contributed by atoms with Crippen molar-refractivity contribution >= 4 is 11.9 Å². The second-order valence-corrected chi connectivity index (χ2v) is 3.96. The summed E-state index contributed by atoms with van der Waals surface area (Å²) in [5.41, 5.74) is 3.13. The number of esters is 1. The summed E-state index contributed by atoms with van der Waals surface area (Å²) in [6.07, 6.45) is -1.23. The van der Waals surface area contributed by atoms with Gasteiger partial charge in [0.05, 0.1) is 19.1 Å². The highest BCUT2D eigenvalue weighted by Crippen LogP contribution is 1.99. The molecule has 0 aliphatic heterocycles. The van der Waals surface area contributed by atoms with E-state index in [4.69, 9.17) is 4.84 Å². The fourth-order valence-corrected chi connectivity index (χ4v) is 1.30. The maximum atomic E-state index is 11.4. The molecule has 0 saturated heterocycles. The molecule has 0 radical (unpaired) electrons. The van der Waals surface area contributed by atoms with Crippen molar-refractivity contribution < 1.29 is 24.3 Å². The zero-order chi connectivity index (χ0) is 14.1. The van der Waals surface area contributed by atoms with Crippen LogP contribution in [0.25, 0.3) is 0 Å². The Kier molecular flexibility index (Phi) is 6.56. The van der Waals surface area contributed by atoms with Crippen molar-refractivity contribution in [1.82, 2.24) is 5.48 Å². The molecule has 19 heavy (non-hydrogen) atoms. The number of ether oxygens (including phenoxy) is 1. The average molecular weight is 267 g/mol. The van der Waals surface area contributed by atoms with Gasteiger partial charge < -0.3 is 9.84 Å². The van der Waals surface area contributed by atoms with Crippen molar-refractivity contribution in [2.24, 2.45) is 0 Å². The van der Waals surface area contributed by atoms with E-state index < -0.39 is 18.0 Å². The van der Waals surface area contributed by atoms with Gasteiger partial charge in [0.2, 0.25) is 5.91 Å². The molecule has 1 aromatic carbocycles. The van der Waals surface area contributed by atoms with Gasteiger partial charge in [-0.2, -0.15) is 0 Å². The molecular weight excluding hydrogens is 250 g/mol. The number of rotatable bonds is 7. The Labute approximate surface area is 111 Å². The molecule has 0 aliphatic rings.